The number of aliphatic hydroxyl groups is 1. The molecule has 0 unspecified atom stereocenters. The fraction of sp³-hybridized carbons (Fsp3) is 0.235. The van der Waals surface area contributed by atoms with Crippen LogP contribution in [0, 0.1) is 10.1 Å². The second kappa shape index (κ2) is 14.0. The molecule has 1 saturated heterocycles. The van der Waals surface area contributed by atoms with Gasteiger partial charge < -0.3 is 20.6 Å². The monoisotopic (exact) mass is 670 g/mol. The summed E-state index contributed by atoms with van der Waals surface area (Å²) >= 11 is 1.61. The number of nitrogens with one attached hydrogen (secondary N) is 2. The molecule has 0 saturated carbocycles. The maximum Gasteiger partial charge on any atom is 0.293 e. The molecule has 13 heteroatoms. The van der Waals surface area contributed by atoms with E-state index in [1.165, 1.54) is 12.1 Å². The number of nitro groups is 1. The van der Waals surface area contributed by atoms with Crippen LogP contribution < -0.4 is 15.5 Å². The van der Waals surface area contributed by atoms with Crippen LogP contribution in [0.2, 0.25) is 0 Å². The first kappa shape index (κ1) is 32.2. The Kier molecular flexibility index (Phi) is 9.57. The molecule has 3 N–H and O–H groups in total. The molecule has 4 aromatic carbocycles. The second-order valence-corrected chi connectivity index (χ2v) is 14.4. The molecule has 11 nitrogen and oxygen atoms in total. The first-order valence-corrected chi connectivity index (χ1v) is 17.9. The minimum Gasteiger partial charge on any atom is -0.392 e. The molecule has 0 aliphatic carbocycles. The molecular weight excluding hydrogens is 637 g/mol. The van der Waals surface area contributed by atoms with Crippen molar-refractivity contribution in [3.63, 3.8) is 0 Å². The van der Waals surface area contributed by atoms with Crippen molar-refractivity contribution in [2.45, 2.75) is 46.7 Å². The normalized spacial score (nSPS) is 13.9. The number of aromatic nitrogens is 2. The zero-order valence-electron chi connectivity index (χ0n) is 25.7. The van der Waals surface area contributed by atoms with E-state index in [2.05, 4.69) is 22.8 Å². The predicted octanol–water partition coefficient (Wildman–Crippen LogP) is 6.28. The Balaban J connectivity index is 1.17. The Morgan fingerprint density at radius 3 is 2.30 bits per heavy atom. The van der Waals surface area contributed by atoms with Gasteiger partial charge in [0.05, 0.1) is 21.9 Å². The zero-order valence-corrected chi connectivity index (χ0v) is 27.3. The number of sulfone groups is 1. The lowest BCUT2D eigenvalue weighted by Gasteiger charge is -2.34. The standard InChI is InChI=1S/C34H34N6O5S2/c1-47(44,45)26-14-15-29(30(20-26)40(42)43)39-18-16-25(17-19-39)36-33-27-10-4-5-11-28(27)37-34(38-33)35-21-23-8-2-6-12-31(23)46-32-13-7-3-9-24(32)22-41/h2-15,20,25,41H,16-19,21-22H2,1H3,(H2,35,36,37,38). The van der Waals surface area contributed by atoms with E-state index in [4.69, 9.17) is 9.97 Å². The number of para-hydroxylation sites is 1. The molecule has 6 rings (SSSR count). The summed E-state index contributed by atoms with van der Waals surface area (Å²) < 4.78 is 24.0. The Hall–Kier alpha value is -4.72. The van der Waals surface area contributed by atoms with E-state index in [-0.39, 0.29) is 23.2 Å². The van der Waals surface area contributed by atoms with Gasteiger partial charge in [0.25, 0.3) is 5.69 Å². The van der Waals surface area contributed by atoms with Crippen molar-refractivity contribution in [1.29, 1.82) is 0 Å². The molecule has 0 atom stereocenters. The molecule has 5 aromatic rings. The SMILES string of the molecule is CS(=O)(=O)c1ccc(N2CCC(Nc3nc(NCc4ccccc4Sc4ccccc4CO)nc4ccccc34)CC2)c([N+](=O)[O-])c1. The van der Waals surface area contributed by atoms with Crippen LogP contribution in [0.5, 0.6) is 0 Å². The van der Waals surface area contributed by atoms with E-state index >= 15 is 0 Å². The average Bonchev–Trinajstić information content (AvgIpc) is 3.08. The minimum atomic E-state index is -3.57. The molecule has 47 heavy (non-hydrogen) atoms. The molecular formula is C34H34N6O5S2. The van der Waals surface area contributed by atoms with E-state index < -0.39 is 14.8 Å². The number of nitro benzene ring substituents is 1. The van der Waals surface area contributed by atoms with Gasteiger partial charge in [-0.2, -0.15) is 4.98 Å². The Labute approximate surface area is 277 Å². The lowest BCUT2D eigenvalue weighted by atomic mass is 10.0. The summed E-state index contributed by atoms with van der Waals surface area (Å²) in [6.07, 6.45) is 2.44. The molecule has 2 heterocycles. The summed E-state index contributed by atoms with van der Waals surface area (Å²) in [5, 5.41) is 29.5. The number of hydrogen-bond acceptors (Lipinski definition) is 11. The number of hydrogen-bond donors (Lipinski definition) is 3. The molecule has 0 radical (unpaired) electrons. The third-order valence-corrected chi connectivity index (χ3v) is 10.5. The average molecular weight is 671 g/mol. The van der Waals surface area contributed by atoms with Gasteiger partial charge in [-0.1, -0.05) is 60.3 Å². The van der Waals surface area contributed by atoms with E-state index in [0.717, 1.165) is 44.1 Å². The van der Waals surface area contributed by atoms with Gasteiger partial charge >= 0.3 is 0 Å². The van der Waals surface area contributed by atoms with Crippen molar-refractivity contribution in [3.8, 4) is 0 Å². The number of nitrogens with zero attached hydrogens (tertiary/aromatic N) is 4. The summed E-state index contributed by atoms with van der Waals surface area (Å²) in [7, 11) is -3.57. The van der Waals surface area contributed by atoms with Crippen LogP contribution in [0.4, 0.5) is 23.1 Å². The van der Waals surface area contributed by atoms with Gasteiger partial charge in [-0.25, -0.2) is 13.4 Å². The highest BCUT2D eigenvalue weighted by Crippen LogP contribution is 2.35. The summed E-state index contributed by atoms with van der Waals surface area (Å²) in [6, 6.07) is 27.9. The summed E-state index contributed by atoms with van der Waals surface area (Å²) in [4.78, 5) is 24.9. The molecule has 242 valence electrons. The highest BCUT2D eigenvalue weighted by Gasteiger charge is 2.27. The predicted molar refractivity (Wildman–Crippen MR) is 185 cm³/mol. The van der Waals surface area contributed by atoms with Crippen molar-refractivity contribution in [2.24, 2.45) is 0 Å². The van der Waals surface area contributed by atoms with Gasteiger partial charge in [0, 0.05) is 53.2 Å². The van der Waals surface area contributed by atoms with Gasteiger partial charge in [-0.3, -0.25) is 10.1 Å². The number of anilines is 3. The van der Waals surface area contributed by atoms with Crippen molar-refractivity contribution >= 4 is 55.6 Å². The van der Waals surface area contributed by atoms with Gasteiger partial charge in [0.2, 0.25) is 5.95 Å². The number of aliphatic hydroxyl groups excluding tert-OH is 1. The maximum atomic E-state index is 12.0. The Morgan fingerprint density at radius 1 is 0.936 bits per heavy atom. The summed E-state index contributed by atoms with van der Waals surface area (Å²) in [6.45, 7) is 1.58. The quantitative estimate of drug-likeness (QED) is 0.108. The second-order valence-electron chi connectivity index (χ2n) is 11.3. The van der Waals surface area contributed by atoms with E-state index in [1.807, 2.05) is 65.6 Å². The Bertz CT molecular complexity index is 2030. The van der Waals surface area contributed by atoms with Gasteiger partial charge in [-0.05, 0) is 60.4 Å². The lowest BCUT2D eigenvalue weighted by Crippen LogP contribution is -2.39. The number of fused-ring (bicyclic) bond motifs is 1. The molecule has 0 spiro atoms. The van der Waals surface area contributed by atoms with Crippen LogP contribution in [-0.2, 0) is 23.0 Å². The highest BCUT2D eigenvalue weighted by atomic mass is 32.2. The fourth-order valence-electron chi connectivity index (χ4n) is 5.65. The largest absolute Gasteiger partial charge is 0.392 e. The zero-order chi connectivity index (χ0) is 33.0. The van der Waals surface area contributed by atoms with Crippen molar-refractivity contribution in [1.82, 2.24) is 9.97 Å². The Morgan fingerprint density at radius 2 is 1.60 bits per heavy atom. The van der Waals surface area contributed by atoms with E-state index in [0.29, 0.717) is 49.9 Å². The van der Waals surface area contributed by atoms with Crippen molar-refractivity contribution < 1.29 is 18.4 Å². The van der Waals surface area contributed by atoms with Crippen LogP contribution in [0.1, 0.15) is 24.0 Å². The van der Waals surface area contributed by atoms with Crippen LogP contribution >= 0.6 is 11.8 Å². The van der Waals surface area contributed by atoms with E-state index in [9.17, 15) is 23.6 Å². The topological polar surface area (TPSA) is 151 Å². The first-order valence-electron chi connectivity index (χ1n) is 15.1. The van der Waals surface area contributed by atoms with Gasteiger partial charge in [0.15, 0.2) is 9.84 Å². The smallest absolute Gasteiger partial charge is 0.293 e. The van der Waals surface area contributed by atoms with Crippen LogP contribution in [-0.4, -0.2) is 53.8 Å². The molecule has 0 amide bonds. The molecule has 1 aliphatic heterocycles. The summed E-state index contributed by atoms with van der Waals surface area (Å²) in [5.74, 6) is 1.19. The molecule has 1 fully saturated rings. The number of piperidine rings is 1. The van der Waals surface area contributed by atoms with Crippen molar-refractivity contribution in [2.75, 3.05) is 34.9 Å². The molecule has 1 aliphatic rings. The fourth-order valence-corrected chi connectivity index (χ4v) is 7.35. The third kappa shape index (κ3) is 7.48. The van der Waals surface area contributed by atoms with Gasteiger partial charge in [-0.15, -0.1) is 0 Å². The lowest BCUT2D eigenvalue weighted by molar-refractivity contribution is -0.384. The summed E-state index contributed by atoms with van der Waals surface area (Å²) in [5.41, 5.74) is 2.95. The first-order chi connectivity index (χ1) is 22.7. The minimum absolute atomic E-state index is 0.0261. The molecule has 0 bridgehead atoms. The number of benzene rings is 4. The third-order valence-electron chi connectivity index (χ3n) is 8.12. The van der Waals surface area contributed by atoms with Crippen LogP contribution in [0.15, 0.2) is 106 Å². The maximum absolute atomic E-state index is 12.0. The highest BCUT2D eigenvalue weighted by molar-refractivity contribution is 7.99. The number of rotatable bonds is 11. The molecule has 1 aromatic heterocycles. The van der Waals surface area contributed by atoms with Crippen LogP contribution in [0.3, 0.4) is 0 Å². The van der Waals surface area contributed by atoms with Crippen LogP contribution in [0.25, 0.3) is 10.9 Å². The van der Waals surface area contributed by atoms with Gasteiger partial charge in [0.1, 0.15) is 11.5 Å². The van der Waals surface area contributed by atoms with Crippen molar-refractivity contribution in [3.05, 3.63) is 112 Å². The van der Waals surface area contributed by atoms with E-state index in [1.54, 1.807) is 11.8 Å².